The fourth-order valence-corrected chi connectivity index (χ4v) is 2.65. The van der Waals surface area contributed by atoms with Crippen LogP contribution in [0.25, 0.3) is 0 Å². The van der Waals surface area contributed by atoms with Crippen molar-refractivity contribution in [3.05, 3.63) is 64.7 Å². The Morgan fingerprint density at radius 1 is 1.15 bits per heavy atom. The Morgan fingerprint density at radius 2 is 1.81 bits per heavy atom. The Balaban J connectivity index is 2.13. The number of aryl methyl sites for hydroxylation is 1. The van der Waals surface area contributed by atoms with Gasteiger partial charge in [0, 0.05) is 18.6 Å². The largest absolute Gasteiger partial charge is 0.484 e. The van der Waals surface area contributed by atoms with Crippen LogP contribution in [0.3, 0.4) is 0 Å². The quantitative estimate of drug-likeness (QED) is 0.809. The van der Waals surface area contributed by atoms with Crippen LogP contribution in [0.2, 0.25) is 5.02 Å². The van der Waals surface area contributed by atoms with Gasteiger partial charge in [-0.15, -0.1) is 0 Å². The average molecular weight is 375 g/mol. The topological polar surface area (TPSA) is 58.6 Å². The van der Waals surface area contributed by atoms with Gasteiger partial charge in [0.25, 0.3) is 5.91 Å². The molecule has 5 nitrogen and oxygen atoms in total. The van der Waals surface area contributed by atoms with Crippen LogP contribution < -0.4 is 10.1 Å². The molecule has 0 aliphatic carbocycles. The van der Waals surface area contributed by atoms with Crippen LogP contribution in [0.5, 0.6) is 5.75 Å². The molecule has 0 saturated carbocycles. The highest BCUT2D eigenvalue weighted by molar-refractivity contribution is 6.30. The summed E-state index contributed by atoms with van der Waals surface area (Å²) in [5.41, 5.74) is 2.05. The maximum absolute atomic E-state index is 12.8. The minimum atomic E-state index is -0.610. The van der Waals surface area contributed by atoms with E-state index in [4.69, 9.17) is 16.3 Å². The molecule has 26 heavy (non-hydrogen) atoms. The second-order valence-corrected chi connectivity index (χ2v) is 6.42. The van der Waals surface area contributed by atoms with Gasteiger partial charge < -0.3 is 15.0 Å². The van der Waals surface area contributed by atoms with Crippen molar-refractivity contribution in [3.63, 3.8) is 0 Å². The molecule has 2 amide bonds. The molecule has 0 unspecified atom stereocenters. The summed E-state index contributed by atoms with van der Waals surface area (Å²) in [5, 5.41) is 3.19. The van der Waals surface area contributed by atoms with E-state index in [-0.39, 0.29) is 18.4 Å². The predicted molar refractivity (Wildman–Crippen MR) is 102 cm³/mol. The zero-order chi connectivity index (χ0) is 19.1. The normalized spacial score (nSPS) is 11.5. The number of likely N-dealkylation sites (N-methyl/N-ethyl adjacent to an activating group) is 1. The number of carbonyl (C=O) groups is 2. The second-order valence-electron chi connectivity index (χ2n) is 5.98. The van der Waals surface area contributed by atoms with Crippen molar-refractivity contribution < 1.29 is 14.3 Å². The summed E-state index contributed by atoms with van der Waals surface area (Å²) in [6, 6.07) is 14.0. The summed E-state index contributed by atoms with van der Waals surface area (Å²) in [6.45, 7) is 3.86. The van der Waals surface area contributed by atoms with Gasteiger partial charge in [-0.25, -0.2) is 0 Å². The number of hydrogen-bond donors (Lipinski definition) is 1. The number of amides is 2. The third-order valence-corrected chi connectivity index (χ3v) is 4.44. The molecular weight excluding hydrogens is 352 g/mol. The van der Waals surface area contributed by atoms with Crippen LogP contribution >= 0.6 is 11.6 Å². The molecular formula is C20H23ClN2O3. The van der Waals surface area contributed by atoms with Gasteiger partial charge >= 0.3 is 0 Å². The van der Waals surface area contributed by atoms with Crippen LogP contribution in [0.15, 0.2) is 48.5 Å². The van der Waals surface area contributed by atoms with Gasteiger partial charge in [0.05, 0.1) is 0 Å². The summed E-state index contributed by atoms with van der Waals surface area (Å²) >= 11 is 5.85. The first-order valence-electron chi connectivity index (χ1n) is 8.36. The first-order valence-corrected chi connectivity index (χ1v) is 8.74. The standard InChI is InChI=1S/C20H23ClN2O3/c1-14-6-4-5-7-16(14)12-23(15(2)20(25)22-3)19(24)13-26-18-10-8-17(21)9-11-18/h4-11,15H,12-13H2,1-3H3,(H,22,25)/t15-/m0/s1. The number of halogens is 1. The van der Waals surface area contributed by atoms with Gasteiger partial charge in [-0.2, -0.15) is 0 Å². The Bertz CT molecular complexity index is 762. The lowest BCUT2D eigenvalue weighted by molar-refractivity contribution is -0.142. The number of benzene rings is 2. The molecule has 2 aromatic rings. The van der Waals surface area contributed by atoms with Crippen LogP contribution in [-0.2, 0) is 16.1 Å². The number of nitrogens with one attached hydrogen (secondary N) is 1. The molecule has 0 radical (unpaired) electrons. The number of ether oxygens (including phenoxy) is 1. The molecule has 2 aromatic carbocycles. The van der Waals surface area contributed by atoms with E-state index in [0.717, 1.165) is 11.1 Å². The Morgan fingerprint density at radius 3 is 2.42 bits per heavy atom. The molecule has 0 aliphatic rings. The van der Waals surface area contributed by atoms with E-state index in [2.05, 4.69) is 5.32 Å². The molecule has 0 spiro atoms. The van der Waals surface area contributed by atoms with Crippen molar-refractivity contribution in [2.24, 2.45) is 0 Å². The first kappa shape index (κ1) is 19.8. The molecule has 1 N–H and O–H groups in total. The lowest BCUT2D eigenvalue weighted by Gasteiger charge is -2.28. The second kappa shape index (κ2) is 9.25. The Labute approximate surface area is 158 Å². The summed E-state index contributed by atoms with van der Waals surface area (Å²) < 4.78 is 5.55. The summed E-state index contributed by atoms with van der Waals surface area (Å²) in [6.07, 6.45) is 0. The molecule has 0 heterocycles. The van der Waals surface area contributed by atoms with E-state index in [9.17, 15) is 9.59 Å². The van der Waals surface area contributed by atoms with Crippen LogP contribution in [0.4, 0.5) is 0 Å². The zero-order valence-electron chi connectivity index (χ0n) is 15.2. The Kier molecular flexibility index (Phi) is 7.04. The van der Waals surface area contributed by atoms with Crippen molar-refractivity contribution in [3.8, 4) is 5.75 Å². The van der Waals surface area contributed by atoms with E-state index < -0.39 is 6.04 Å². The summed E-state index contributed by atoms with van der Waals surface area (Å²) in [5.74, 6) is 0.0592. The molecule has 138 valence electrons. The molecule has 1 atom stereocenters. The zero-order valence-corrected chi connectivity index (χ0v) is 15.9. The monoisotopic (exact) mass is 374 g/mol. The number of hydrogen-bond acceptors (Lipinski definition) is 3. The first-order chi connectivity index (χ1) is 12.4. The van der Waals surface area contributed by atoms with E-state index in [1.807, 2.05) is 31.2 Å². The van der Waals surface area contributed by atoms with Crippen molar-refractivity contribution in [2.75, 3.05) is 13.7 Å². The molecule has 0 bridgehead atoms. The smallest absolute Gasteiger partial charge is 0.261 e. The summed E-state index contributed by atoms with van der Waals surface area (Å²) in [4.78, 5) is 26.4. The van der Waals surface area contributed by atoms with Crippen molar-refractivity contribution in [2.45, 2.75) is 26.4 Å². The minimum absolute atomic E-state index is 0.158. The summed E-state index contributed by atoms with van der Waals surface area (Å²) in [7, 11) is 1.56. The van der Waals surface area contributed by atoms with Gasteiger partial charge in [-0.1, -0.05) is 35.9 Å². The maximum Gasteiger partial charge on any atom is 0.261 e. The van der Waals surface area contributed by atoms with Gasteiger partial charge in [-0.05, 0) is 49.2 Å². The average Bonchev–Trinajstić information content (AvgIpc) is 2.65. The molecule has 0 fully saturated rings. The molecule has 6 heteroatoms. The van der Waals surface area contributed by atoms with Gasteiger partial charge in [-0.3, -0.25) is 9.59 Å². The lowest BCUT2D eigenvalue weighted by Crippen LogP contribution is -2.48. The van der Waals surface area contributed by atoms with Crippen LogP contribution in [0, 0.1) is 6.92 Å². The van der Waals surface area contributed by atoms with E-state index >= 15 is 0 Å². The molecule has 0 aliphatic heterocycles. The third-order valence-electron chi connectivity index (χ3n) is 4.19. The highest BCUT2D eigenvalue weighted by Gasteiger charge is 2.26. The third kappa shape index (κ3) is 5.23. The highest BCUT2D eigenvalue weighted by atomic mass is 35.5. The molecule has 0 aromatic heterocycles. The van der Waals surface area contributed by atoms with Crippen molar-refractivity contribution in [1.29, 1.82) is 0 Å². The fraction of sp³-hybridized carbons (Fsp3) is 0.300. The molecule has 0 saturated heterocycles. The van der Waals surface area contributed by atoms with Crippen molar-refractivity contribution in [1.82, 2.24) is 10.2 Å². The van der Waals surface area contributed by atoms with Crippen LogP contribution in [-0.4, -0.2) is 36.4 Å². The SMILES string of the molecule is CNC(=O)[C@H](C)N(Cc1ccccc1C)C(=O)COc1ccc(Cl)cc1. The predicted octanol–water partition coefficient (Wildman–Crippen LogP) is 3.19. The van der Waals surface area contributed by atoms with E-state index in [1.54, 1.807) is 38.2 Å². The fourth-order valence-electron chi connectivity index (χ4n) is 2.52. The number of carbonyl (C=O) groups excluding carboxylic acids is 2. The molecule has 2 rings (SSSR count). The maximum atomic E-state index is 12.8. The van der Waals surface area contributed by atoms with Gasteiger partial charge in [0.1, 0.15) is 11.8 Å². The highest BCUT2D eigenvalue weighted by Crippen LogP contribution is 2.17. The van der Waals surface area contributed by atoms with Gasteiger partial charge in [0.15, 0.2) is 6.61 Å². The lowest BCUT2D eigenvalue weighted by atomic mass is 10.1. The van der Waals surface area contributed by atoms with E-state index in [0.29, 0.717) is 17.3 Å². The van der Waals surface area contributed by atoms with E-state index in [1.165, 1.54) is 4.90 Å². The van der Waals surface area contributed by atoms with Crippen LogP contribution in [0.1, 0.15) is 18.1 Å². The number of nitrogens with zero attached hydrogens (tertiary/aromatic N) is 1. The number of rotatable bonds is 7. The van der Waals surface area contributed by atoms with Crippen molar-refractivity contribution >= 4 is 23.4 Å². The Hall–Kier alpha value is -2.53. The minimum Gasteiger partial charge on any atom is -0.484 e. The van der Waals surface area contributed by atoms with Gasteiger partial charge in [0.2, 0.25) is 5.91 Å².